The van der Waals surface area contributed by atoms with Crippen LogP contribution in [0.3, 0.4) is 0 Å². The van der Waals surface area contributed by atoms with Crippen molar-refractivity contribution in [3.05, 3.63) is 83.7 Å². The van der Waals surface area contributed by atoms with E-state index in [1.165, 1.54) is 12.1 Å². The molecule has 8 nitrogen and oxygen atoms in total. The first kappa shape index (κ1) is 23.4. The minimum absolute atomic E-state index is 0.138. The number of imidazole rings is 1. The van der Waals surface area contributed by atoms with Crippen molar-refractivity contribution in [2.75, 3.05) is 6.61 Å². The Kier molecular flexibility index (Phi) is 6.10. The Morgan fingerprint density at radius 3 is 2.69 bits per heavy atom. The lowest BCUT2D eigenvalue weighted by molar-refractivity contribution is -0.123. The van der Waals surface area contributed by atoms with Crippen LogP contribution in [0.1, 0.15) is 48.1 Å². The van der Waals surface area contributed by atoms with E-state index in [0.29, 0.717) is 12.2 Å². The van der Waals surface area contributed by atoms with Crippen LogP contribution in [0.2, 0.25) is 0 Å². The molecule has 2 heterocycles. The van der Waals surface area contributed by atoms with Crippen molar-refractivity contribution in [2.24, 2.45) is 0 Å². The van der Waals surface area contributed by atoms with E-state index < -0.39 is 11.6 Å². The summed E-state index contributed by atoms with van der Waals surface area (Å²) in [4.78, 5) is 33.3. The molecule has 0 bridgehead atoms. The molecular weight excluding hydrogens is 458 g/mol. The third-order valence-electron chi connectivity index (χ3n) is 6.03. The number of amides is 1. The molecule has 0 spiro atoms. The van der Waals surface area contributed by atoms with Crippen LogP contribution in [0.25, 0.3) is 11.0 Å². The van der Waals surface area contributed by atoms with Gasteiger partial charge in [-0.15, -0.1) is 0 Å². The molecule has 4 aromatic rings. The third kappa shape index (κ3) is 5.02. The van der Waals surface area contributed by atoms with Crippen LogP contribution in [0.15, 0.2) is 66.7 Å². The zero-order chi connectivity index (χ0) is 25.3. The van der Waals surface area contributed by atoms with E-state index in [1.807, 2.05) is 54.6 Å². The molecule has 5 rings (SSSR count). The van der Waals surface area contributed by atoms with Gasteiger partial charge < -0.3 is 24.9 Å². The number of ketones is 1. The number of para-hydroxylation sites is 2. The number of hydrogen-bond acceptors (Lipinski definition) is 6. The Morgan fingerprint density at radius 2 is 1.92 bits per heavy atom. The molecular formula is C28H27N3O5. The maximum atomic E-state index is 12.9. The van der Waals surface area contributed by atoms with E-state index in [-0.39, 0.29) is 47.5 Å². The van der Waals surface area contributed by atoms with Crippen LogP contribution < -0.4 is 14.8 Å². The lowest BCUT2D eigenvalue weighted by Crippen LogP contribution is -2.36. The van der Waals surface area contributed by atoms with Gasteiger partial charge in [0, 0.05) is 12.1 Å². The van der Waals surface area contributed by atoms with Crippen molar-refractivity contribution in [3.8, 4) is 17.2 Å². The summed E-state index contributed by atoms with van der Waals surface area (Å²) in [5.74, 6) is 0.344. The molecule has 0 fully saturated rings. The number of aromatic amines is 1. The molecule has 0 saturated heterocycles. The summed E-state index contributed by atoms with van der Waals surface area (Å²) in [6.45, 7) is 3.31. The quantitative estimate of drug-likeness (QED) is 0.355. The number of nitrogens with zero attached hydrogens (tertiary/aromatic N) is 1. The van der Waals surface area contributed by atoms with Crippen molar-refractivity contribution in [2.45, 2.75) is 38.3 Å². The van der Waals surface area contributed by atoms with Crippen LogP contribution in [0, 0.1) is 0 Å². The lowest BCUT2D eigenvalue weighted by atomic mass is 9.92. The van der Waals surface area contributed by atoms with E-state index >= 15 is 0 Å². The number of carbonyl (C=O) groups is 2. The van der Waals surface area contributed by atoms with Crippen LogP contribution in [-0.2, 0) is 11.2 Å². The van der Waals surface area contributed by atoms with Gasteiger partial charge in [0.2, 0.25) is 0 Å². The predicted molar refractivity (Wildman–Crippen MR) is 134 cm³/mol. The van der Waals surface area contributed by atoms with Gasteiger partial charge in [-0.05, 0) is 38.0 Å². The number of ether oxygens (including phenoxy) is 2. The Balaban J connectivity index is 1.32. The van der Waals surface area contributed by atoms with Crippen molar-refractivity contribution in [1.29, 1.82) is 0 Å². The first-order valence-corrected chi connectivity index (χ1v) is 11.8. The largest absolute Gasteiger partial charge is 0.507 e. The average Bonchev–Trinajstić information content (AvgIpc) is 3.26. The highest BCUT2D eigenvalue weighted by Gasteiger charge is 2.35. The highest BCUT2D eigenvalue weighted by molar-refractivity contribution is 6.03. The van der Waals surface area contributed by atoms with Crippen molar-refractivity contribution in [1.82, 2.24) is 15.3 Å². The topological polar surface area (TPSA) is 114 Å². The van der Waals surface area contributed by atoms with Crippen molar-refractivity contribution >= 4 is 22.7 Å². The Bertz CT molecular complexity index is 1390. The molecule has 36 heavy (non-hydrogen) atoms. The Labute approximate surface area is 208 Å². The van der Waals surface area contributed by atoms with Gasteiger partial charge in [-0.1, -0.05) is 42.5 Å². The summed E-state index contributed by atoms with van der Waals surface area (Å²) in [5.41, 5.74) is 2.20. The zero-order valence-corrected chi connectivity index (χ0v) is 20.1. The average molecular weight is 486 g/mol. The number of H-pyrrole nitrogens is 1. The fourth-order valence-electron chi connectivity index (χ4n) is 4.42. The van der Waals surface area contributed by atoms with Crippen LogP contribution in [-0.4, -0.2) is 39.0 Å². The van der Waals surface area contributed by atoms with Crippen molar-refractivity contribution in [3.63, 3.8) is 0 Å². The highest BCUT2D eigenvalue weighted by atomic mass is 16.5. The minimum Gasteiger partial charge on any atom is -0.507 e. The predicted octanol–water partition coefficient (Wildman–Crippen LogP) is 4.49. The van der Waals surface area contributed by atoms with Gasteiger partial charge in [0.15, 0.2) is 12.4 Å². The number of hydrogen-bond donors (Lipinski definition) is 3. The number of carbonyl (C=O) groups excluding carboxylic acids is 2. The summed E-state index contributed by atoms with van der Waals surface area (Å²) in [5, 5.41) is 13.4. The first-order valence-electron chi connectivity index (χ1n) is 11.8. The van der Waals surface area contributed by atoms with Gasteiger partial charge in [-0.2, -0.15) is 0 Å². The molecule has 3 N–H and O–H groups in total. The Hall–Kier alpha value is -4.33. The lowest BCUT2D eigenvalue weighted by Gasteiger charge is -2.32. The van der Waals surface area contributed by atoms with Gasteiger partial charge in [-0.3, -0.25) is 9.59 Å². The van der Waals surface area contributed by atoms with Gasteiger partial charge >= 0.3 is 0 Å². The minimum atomic E-state index is -0.691. The smallest absolute Gasteiger partial charge is 0.258 e. The highest BCUT2D eigenvalue weighted by Crippen LogP contribution is 2.40. The van der Waals surface area contributed by atoms with E-state index in [9.17, 15) is 14.7 Å². The molecule has 1 aliphatic heterocycles. The summed E-state index contributed by atoms with van der Waals surface area (Å²) in [6, 6.07) is 20.0. The van der Waals surface area contributed by atoms with Gasteiger partial charge in [0.1, 0.15) is 34.2 Å². The number of aromatic nitrogens is 2. The number of aromatic hydroxyl groups is 1. The van der Waals surface area contributed by atoms with Gasteiger partial charge in [0.05, 0.1) is 23.5 Å². The number of fused-ring (bicyclic) bond motifs is 2. The van der Waals surface area contributed by atoms with E-state index in [1.54, 1.807) is 13.8 Å². The second-order valence-electron chi connectivity index (χ2n) is 9.51. The number of benzene rings is 3. The first-order chi connectivity index (χ1) is 17.3. The monoisotopic (exact) mass is 485 g/mol. The van der Waals surface area contributed by atoms with Gasteiger partial charge in [-0.25, -0.2) is 4.98 Å². The fraction of sp³-hybridized carbons (Fsp3) is 0.250. The summed E-state index contributed by atoms with van der Waals surface area (Å²) < 4.78 is 11.5. The van der Waals surface area contributed by atoms with Crippen LogP contribution in [0.5, 0.6) is 17.2 Å². The Morgan fingerprint density at radius 1 is 1.17 bits per heavy atom. The summed E-state index contributed by atoms with van der Waals surface area (Å²) >= 11 is 0. The third-order valence-corrected chi connectivity index (χ3v) is 6.03. The van der Waals surface area contributed by atoms with E-state index in [4.69, 9.17) is 9.47 Å². The maximum absolute atomic E-state index is 12.9. The standard InChI is InChI=1S/C28H27N3O5/c1-28(2)15-23(33)26-22(32)13-18(14-24(26)36-28)35-16-25(34)29-21(12-17-8-4-3-5-9-17)27-30-19-10-6-7-11-20(19)31-27/h3-11,13-14,21,32H,12,15-16H2,1-2H3,(H,29,34)(H,30,31)/t21-/m0/s1. The van der Waals surface area contributed by atoms with E-state index in [0.717, 1.165) is 16.6 Å². The second kappa shape index (κ2) is 9.37. The molecule has 0 aliphatic carbocycles. The van der Waals surface area contributed by atoms with Crippen LogP contribution in [0.4, 0.5) is 0 Å². The van der Waals surface area contributed by atoms with Gasteiger partial charge in [0.25, 0.3) is 5.91 Å². The molecule has 3 aromatic carbocycles. The molecule has 0 unspecified atom stereocenters. The molecule has 1 aliphatic rings. The van der Waals surface area contributed by atoms with Crippen molar-refractivity contribution < 1.29 is 24.2 Å². The molecule has 0 saturated carbocycles. The molecule has 0 radical (unpaired) electrons. The summed E-state index contributed by atoms with van der Waals surface area (Å²) in [7, 11) is 0. The van der Waals surface area contributed by atoms with E-state index in [2.05, 4.69) is 15.3 Å². The molecule has 1 aromatic heterocycles. The molecule has 1 atom stereocenters. The SMILES string of the molecule is CC1(C)CC(=O)c2c(O)cc(OCC(=O)N[C@@H](Cc3ccccc3)c3nc4ccccc4[nH]3)cc2O1. The van der Waals surface area contributed by atoms with Crippen LogP contribution >= 0.6 is 0 Å². The normalized spacial score (nSPS) is 15.1. The number of Topliss-reactive ketones (excluding diaryl/α,β-unsaturated/α-hetero) is 1. The molecule has 8 heteroatoms. The summed E-state index contributed by atoms with van der Waals surface area (Å²) in [6.07, 6.45) is 0.706. The maximum Gasteiger partial charge on any atom is 0.258 e. The second-order valence-corrected chi connectivity index (χ2v) is 9.51. The zero-order valence-electron chi connectivity index (χ0n) is 20.1. The molecule has 184 valence electrons. The number of nitrogens with one attached hydrogen (secondary N) is 2. The number of phenolic OH excluding ortho intramolecular Hbond substituents is 1. The fourth-order valence-corrected chi connectivity index (χ4v) is 4.42. The molecule has 1 amide bonds. The number of rotatable bonds is 7. The number of phenols is 1.